The highest BCUT2D eigenvalue weighted by Crippen LogP contribution is 2.25. The first-order valence-corrected chi connectivity index (χ1v) is 4.51. The number of oxazole rings is 1. The number of nitrogens with zero attached hydrogens (tertiary/aromatic N) is 1. The maximum atomic E-state index is 5.39. The SMILES string of the molecule is COc1cccc2oc(CS)nc12. The Morgan fingerprint density at radius 2 is 2.38 bits per heavy atom. The quantitative estimate of drug-likeness (QED) is 0.746. The van der Waals surface area contributed by atoms with Crippen LogP contribution in [0.3, 0.4) is 0 Å². The molecule has 0 fully saturated rings. The fourth-order valence-electron chi connectivity index (χ4n) is 1.20. The minimum atomic E-state index is 0.498. The van der Waals surface area contributed by atoms with Gasteiger partial charge in [-0.05, 0) is 12.1 Å². The van der Waals surface area contributed by atoms with Gasteiger partial charge >= 0.3 is 0 Å². The van der Waals surface area contributed by atoms with E-state index in [1.54, 1.807) is 7.11 Å². The zero-order valence-corrected chi connectivity index (χ0v) is 8.04. The Kier molecular flexibility index (Phi) is 2.14. The summed E-state index contributed by atoms with van der Waals surface area (Å²) in [5.41, 5.74) is 1.50. The summed E-state index contributed by atoms with van der Waals surface area (Å²) >= 11 is 4.09. The van der Waals surface area contributed by atoms with Gasteiger partial charge in [-0.1, -0.05) is 6.07 Å². The van der Waals surface area contributed by atoms with Crippen LogP contribution in [-0.2, 0) is 5.75 Å². The van der Waals surface area contributed by atoms with Gasteiger partial charge in [0.1, 0.15) is 5.75 Å². The molecule has 13 heavy (non-hydrogen) atoms. The highest BCUT2D eigenvalue weighted by Gasteiger charge is 2.07. The number of methoxy groups -OCH3 is 1. The second kappa shape index (κ2) is 3.30. The molecular weight excluding hydrogens is 186 g/mol. The van der Waals surface area contributed by atoms with E-state index < -0.39 is 0 Å². The van der Waals surface area contributed by atoms with E-state index in [9.17, 15) is 0 Å². The molecule has 4 heteroatoms. The van der Waals surface area contributed by atoms with Gasteiger partial charge in [0.15, 0.2) is 11.1 Å². The number of benzene rings is 1. The standard InChI is InChI=1S/C9H9NO2S/c1-11-6-3-2-4-7-9(6)10-8(5-13)12-7/h2-4,13H,5H2,1H3. The third kappa shape index (κ3) is 1.37. The minimum Gasteiger partial charge on any atom is -0.494 e. The number of hydrogen-bond acceptors (Lipinski definition) is 4. The molecule has 1 aromatic carbocycles. The van der Waals surface area contributed by atoms with Crippen LogP contribution in [0.4, 0.5) is 0 Å². The predicted octanol–water partition coefficient (Wildman–Crippen LogP) is 2.27. The summed E-state index contributed by atoms with van der Waals surface area (Å²) in [5, 5.41) is 0. The molecule has 0 radical (unpaired) electrons. The normalized spacial score (nSPS) is 10.6. The van der Waals surface area contributed by atoms with Gasteiger partial charge in [-0.2, -0.15) is 12.6 Å². The molecular formula is C9H9NO2S. The van der Waals surface area contributed by atoms with Crippen LogP contribution in [0.25, 0.3) is 11.1 Å². The summed E-state index contributed by atoms with van der Waals surface area (Å²) in [4.78, 5) is 4.23. The van der Waals surface area contributed by atoms with Crippen molar-refractivity contribution in [2.24, 2.45) is 0 Å². The molecule has 0 spiro atoms. The van der Waals surface area contributed by atoms with Gasteiger partial charge in [-0.3, -0.25) is 0 Å². The Balaban J connectivity index is 2.67. The molecule has 0 aliphatic rings. The lowest BCUT2D eigenvalue weighted by Crippen LogP contribution is -1.83. The van der Waals surface area contributed by atoms with Crippen molar-refractivity contribution in [1.29, 1.82) is 0 Å². The molecule has 2 aromatic rings. The van der Waals surface area contributed by atoms with E-state index in [1.807, 2.05) is 18.2 Å². The largest absolute Gasteiger partial charge is 0.494 e. The Bertz CT molecular complexity index is 424. The van der Waals surface area contributed by atoms with Gasteiger partial charge in [0.05, 0.1) is 12.9 Å². The van der Waals surface area contributed by atoms with E-state index in [-0.39, 0.29) is 0 Å². The Labute approximate surface area is 81.1 Å². The van der Waals surface area contributed by atoms with Crippen LogP contribution < -0.4 is 4.74 Å². The monoisotopic (exact) mass is 195 g/mol. The lowest BCUT2D eigenvalue weighted by atomic mass is 10.3. The summed E-state index contributed by atoms with van der Waals surface area (Å²) in [6, 6.07) is 5.58. The molecule has 0 saturated carbocycles. The maximum absolute atomic E-state index is 5.39. The summed E-state index contributed by atoms with van der Waals surface area (Å²) < 4.78 is 10.5. The second-order valence-corrected chi connectivity index (χ2v) is 2.89. The molecule has 0 unspecified atom stereocenters. The molecule has 0 aliphatic carbocycles. The fraction of sp³-hybridized carbons (Fsp3) is 0.222. The lowest BCUT2D eigenvalue weighted by molar-refractivity contribution is 0.419. The number of ether oxygens (including phenoxy) is 1. The Hall–Kier alpha value is -1.16. The van der Waals surface area contributed by atoms with Crippen LogP contribution in [0.15, 0.2) is 22.6 Å². The third-order valence-electron chi connectivity index (χ3n) is 1.78. The predicted molar refractivity (Wildman–Crippen MR) is 53.3 cm³/mol. The molecule has 0 N–H and O–H groups in total. The van der Waals surface area contributed by atoms with E-state index in [4.69, 9.17) is 9.15 Å². The van der Waals surface area contributed by atoms with Gasteiger partial charge in [0, 0.05) is 0 Å². The van der Waals surface area contributed by atoms with Crippen LogP contribution in [0.1, 0.15) is 5.89 Å². The van der Waals surface area contributed by atoms with Crippen molar-refractivity contribution < 1.29 is 9.15 Å². The van der Waals surface area contributed by atoms with Crippen molar-refractivity contribution >= 4 is 23.7 Å². The van der Waals surface area contributed by atoms with Crippen LogP contribution in [0.2, 0.25) is 0 Å². The van der Waals surface area contributed by atoms with E-state index in [2.05, 4.69) is 17.6 Å². The molecule has 3 nitrogen and oxygen atoms in total. The van der Waals surface area contributed by atoms with Crippen LogP contribution in [0.5, 0.6) is 5.75 Å². The van der Waals surface area contributed by atoms with Crippen LogP contribution in [0, 0.1) is 0 Å². The van der Waals surface area contributed by atoms with Crippen molar-refractivity contribution in [1.82, 2.24) is 4.98 Å². The maximum Gasteiger partial charge on any atom is 0.205 e. The lowest BCUT2D eigenvalue weighted by Gasteiger charge is -1.96. The number of rotatable bonds is 2. The van der Waals surface area contributed by atoms with Crippen LogP contribution >= 0.6 is 12.6 Å². The van der Waals surface area contributed by atoms with E-state index in [1.165, 1.54) is 0 Å². The van der Waals surface area contributed by atoms with Gasteiger partial charge in [0.2, 0.25) is 5.89 Å². The Morgan fingerprint density at radius 1 is 1.54 bits per heavy atom. The molecule has 0 amide bonds. The smallest absolute Gasteiger partial charge is 0.205 e. The second-order valence-electron chi connectivity index (χ2n) is 2.57. The first kappa shape index (κ1) is 8.44. The fourth-order valence-corrected chi connectivity index (χ4v) is 1.34. The molecule has 2 rings (SSSR count). The molecule has 0 bridgehead atoms. The molecule has 68 valence electrons. The van der Waals surface area contributed by atoms with Crippen molar-refractivity contribution in [2.75, 3.05) is 7.11 Å². The topological polar surface area (TPSA) is 35.3 Å². The summed E-state index contributed by atoms with van der Waals surface area (Å²) in [6.07, 6.45) is 0. The minimum absolute atomic E-state index is 0.498. The molecule has 0 saturated heterocycles. The van der Waals surface area contributed by atoms with Crippen molar-refractivity contribution in [3.05, 3.63) is 24.1 Å². The number of aromatic nitrogens is 1. The van der Waals surface area contributed by atoms with E-state index in [0.29, 0.717) is 11.6 Å². The number of fused-ring (bicyclic) bond motifs is 1. The van der Waals surface area contributed by atoms with E-state index in [0.717, 1.165) is 16.8 Å². The van der Waals surface area contributed by atoms with Crippen molar-refractivity contribution in [3.63, 3.8) is 0 Å². The van der Waals surface area contributed by atoms with Gasteiger partial charge in [-0.25, -0.2) is 4.98 Å². The first-order valence-electron chi connectivity index (χ1n) is 3.88. The number of para-hydroxylation sites is 1. The summed E-state index contributed by atoms with van der Waals surface area (Å²) in [7, 11) is 1.61. The number of hydrogen-bond donors (Lipinski definition) is 1. The molecule has 1 aromatic heterocycles. The molecule has 0 atom stereocenters. The average Bonchev–Trinajstić information content (AvgIpc) is 2.59. The van der Waals surface area contributed by atoms with Crippen LogP contribution in [-0.4, -0.2) is 12.1 Å². The van der Waals surface area contributed by atoms with Crippen molar-refractivity contribution in [3.8, 4) is 5.75 Å². The zero-order valence-electron chi connectivity index (χ0n) is 7.15. The highest BCUT2D eigenvalue weighted by molar-refractivity contribution is 7.79. The summed E-state index contributed by atoms with van der Waals surface area (Å²) in [6.45, 7) is 0. The van der Waals surface area contributed by atoms with Gasteiger partial charge in [-0.15, -0.1) is 0 Å². The zero-order chi connectivity index (χ0) is 9.26. The molecule has 0 aliphatic heterocycles. The third-order valence-corrected chi connectivity index (χ3v) is 2.05. The highest BCUT2D eigenvalue weighted by atomic mass is 32.1. The average molecular weight is 195 g/mol. The van der Waals surface area contributed by atoms with Gasteiger partial charge in [0.25, 0.3) is 0 Å². The van der Waals surface area contributed by atoms with Gasteiger partial charge < -0.3 is 9.15 Å². The molecule has 1 heterocycles. The Morgan fingerprint density at radius 3 is 3.08 bits per heavy atom. The number of thiol groups is 1. The first-order chi connectivity index (χ1) is 6.35. The van der Waals surface area contributed by atoms with E-state index >= 15 is 0 Å². The van der Waals surface area contributed by atoms with Crippen molar-refractivity contribution in [2.45, 2.75) is 5.75 Å². The summed E-state index contributed by atoms with van der Waals surface area (Å²) in [5.74, 6) is 1.84.